The largest absolute Gasteiger partial charge is 0.491 e. The minimum absolute atomic E-state index is 0.139. The summed E-state index contributed by atoms with van der Waals surface area (Å²) in [5, 5.41) is 6.81. The van der Waals surface area contributed by atoms with Gasteiger partial charge in [-0.3, -0.25) is 0 Å². The van der Waals surface area contributed by atoms with Crippen molar-refractivity contribution in [3.63, 3.8) is 0 Å². The summed E-state index contributed by atoms with van der Waals surface area (Å²) in [4.78, 5) is 16.0. The molecule has 0 aliphatic heterocycles. The molecule has 1 fully saturated rings. The van der Waals surface area contributed by atoms with Gasteiger partial charge in [-0.1, -0.05) is 17.7 Å². The number of methoxy groups -OCH3 is 1. The molecule has 0 bridgehead atoms. The van der Waals surface area contributed by atoms with Gasteiger partial charge in [0.15, 0.2) is 11.5 Å². The van der Waals surface area contributed by atoms with Crippen LogP contribution in [0.25, 0.3) is 0 Å². The molecule has 0 saturated heterocycles. The maximum Gasteiger partial charge on any atom is 0.412 e. The fourth-order valence-corrected chi connectivity index (χ4v) is 5.78. The molecular weight excluding hydrogens is 404 g/mol. The van der Waals surface area contributed by atoms with E-state index in [4.69, 9.17) is 21.1 Å². The summed E-state index contributed by atoms with van der Waals surface area (Å²) in [6, 6.07) is 4.91. The van der Waals surface area contributed by atoms with Crippen LogP contribution in [0.2, 0.25) is 4.34 Å². The Bertz CT molecular complexity index is 740. The Labute approximate surface area is 173 Å². The standard InChI is InChI=1S/C19H25ClN2O3S2/c1-22(2)16(15-5-4-10-26-15)12-6-8-13(9-7-12)21-19(23)25-14-11-27-18(20)17(14)24-3/h4-5,10-13,16H,6-9H2,1-3H3,(H,21,23). The summed E-state index contributed by atoms with van der Waals surface area (Å²) in [5.41, 5.74) is 0. The van der Waals surface area contributed by atoms with E-state index in [0.717, 1.165) is 25.7 Å². The van der Waals surface area contributed by atoms with E-state index in [1.807, 2.05) is 11.3 Å². The zero-order chi connectivity index (χ0) is 19.4. The fraction of sp³-hybridized carbons (Fsp3) is 0.526. The molecule has 2 heterocycles. The van der Waals surface area contributed by atoms with Crippen molar-refractivity contribution in [1.82, 2.24) is 10.2 Å². The molecule has 27 heavy (non-hydrogen) atoms. The first-order chi connectivity index (χ1) is 13.0. The lowest BCUT2D eigenvalue weighted by atomic mass is 9.80. The second kappa shape index (κ2) is 9.28. The van der Waals surface area contributed by atoms with Gasteiger partial charge in [0, 0.05) is 22.3 Å². The number of carbonyl (C=O) groups is 1. The number of hydrogen-bond acceptors (Lipinski definition) is 6. The van der Waals surface area contributed by atoms with Crippen molar-refractivity contribution < 1.29 is 14.3 Å². The number of hydrogen-bond donors (Lipinski definition) is 1. The maximum absolute atomic E-state index is 12.2. The lowest BCUT2D eigenvalue weighted by Crippen LogP contribution is -2.41. The Balaban J connectivity index is 1.52. The average molecular weight is 429 g/mol. The molecule has 0 aromatic carbocycles. The van der Waals surface area contributed by atoms with Crippen LogP contribution in [0.5, 0.6) is 11.5 Å². The number of nitrogens with one attached hydrogen (secondary N) is 1. The molecule has 2 aromatic heterocycles. The van der Waals surface area contributed by atoms with Gasteiger partial charge in [0.05, 0.1) is 7.11 Å². The van der Waals surface area contributed by atoms with Crippen LogP contribution in [0.1, 0.15) is 36.6 Å². The molecule has 0 spiro atoms. The van der Waals surface area contributed by atoms with Crippen LogP contribution in [0, 0.1) is 5.92 Å². The van der Waals surface area contributed by atoms with E-state index in [9.17, 15) is 4.79 Å². The molecule has 148 valence electrons. The molecule has 8 heteroatoms. The maximum atomic E-state index is 12.2. The molecule has 1 saturated carbocycles. The first kappa shape index (κ1) is 20.5. The van der Waals surface area contributed by atoms with Crippen LogP contribution in [0.3, 0.4) is 0 Å². The van der Waals surface area contributed by atoms with E-state index in [1.165, 1.54) is 23.3 Å². The zero-order valence-corrected chi connectivity index (χ0v) is 18.1. The van der Waals surface area contributed by atoms with Gasteiger partial charge in [0.1, 0.15) is 4.34 Å². The van der Waals surface area contributed by atoms with Crippen molar-refractivity contribution >= 4 is 40.4 Å². The van der Waals surface area contributed by atoms with Crippen molar-refractivity contribution in [3.8, 4) is 11.5 Å². The van der Waals surface area contributed by atoms with Crippen molar-refractivity contribution in [2.24, 2.45) is 5.92 Å². The van der Waals surface area contributed by atoms with Crippen LogP contribution >= 0.6 is 34.3 Å². The average Bonchev–Trinajstić information content (AvgIpc) is 3.26. The van der Waals surface area contributed by atoms with Gasteiger partial charge in [-0.25, -0.2) is 4.79 Å². The van der Waals surface area contributed by atoms with Gasteiger partial charge in [-0.05, 0) is 57.1 Å². The monoisotopic (exact) mass is 428 g/mol. The molecule has 1 atom stereocenters. The topological polar surface area (TPSA) is 50.8 Å². The normalized spacial score (nSPS) is 21.1. The molecule has 1 unspecified atom stereocenters. The summed E-state index contributed by atoms with van der Waals surface area (Å²) < 4.78 is 11.0. The summed E-state index contributed by atoms with van der Waals surface area (Å²) in [6.07, 6.45) is 3.63. The van der Waals surface area contributed by atoms with Gasteiger partial charge in [0.25, 0.3) is 0 Å². The highest BCUT2D eigenvalue weighted by molar-refractivity contribution is 7.15. The van der Waals surface area contributed by atoms with Crippen molar-refractivity contribution in [3.05, 3.63) is 32.1 Å². The number of rotatable bonds is 6. The zero-order valence-electron chi connectivity index (χ0n) is 15.7. The van der Waals surface area contributed by atoms with Gasteiger partial charge < -0.3 is 19.7 Å². The highest BCUT2D eigenvalue weighted by Gasteiger charge is 2.31. The van der Waals surface area contributed by atoms with Gasteiger partial charge in [-0.2, -0.15) is 0 Å². The molecule has 1 amide bonds. The van der Waals surface area contributed by atoms with Gasteiger partial charge in [-0.15, -0.1) is 22.7 Å². The summed E-state index contributed by atoms with van der Waals surface area (Å²) >= 11 is 9.11. The first-order valence-corrected chi connectivity index (χ1v) is 11.1. The number of amides is 1. The second-order valence-corrected chi connectivity index (χ2v) is 9.44. The fourth-order valence-electron chi connectivity index (χ4n) is 3.80. The van der Waals surface area contributed by atoms with Gasteiger partial charge in [0.2, 0.25) is 0 Å². The minimum atomic E-state index is -0.450. The molecule has 2 aromatic rings. The molecule has 5 nitrogen and oxygen atoms in total. The quantitative estimate of drug-likeness (QED) is 0.667. The Hall–Kier alpha value is -1.28. The van der Waals surface area contributed by atoms with Crippen LogP contribution in [-0.4, -0.2) is 38.2 Å². The first-order valence-electron chi connectivity index (χ1n) is 8.98. The number of halogens is 1. The number of thiophene rings is 2. The summed E-state index contributed by atoms with van der Waals surface area (Å²) in [5.74, 6) is 1.37. The van der Waals surface area contributed by atoms with E-state index in [1.54, 1.807) is 5.38 Å². The van der Waals surface area contributed by atoms with E-state index >= 15 is 0 Å². The van der Waals surface area contributed by atoms with Crippen LogP contribution in [0.4, 0.5) is 4.79 Å². The Kier molecular flexibility index (Phi) is 7.03. The van der Waals surface area contributed by atoms with Crippen LogP contribution in [-0.2, 0) is 0 Å². The summed E-state index contributed by atoms with van der Waals surface area (Å²) in [6.45, 7) is 0. The van der Waals surface area contributed by atoms with E-state index < -0.39 is 6.09 Å². The summed E-state index contributed by atoms with van der Waals surface area (Å²) in [7, 11) is 5.80. The van der Waals surface area contributed by atoms with E-state index in [0.29, 0.717) is 27.8 Å². The smallest absolute Gasteiger partial charge is 0.412 e. The number of nitrogens with zero attached hydrogens (tertiary/aromatic N) is 1. The molecule has 3 rings (SSSR count). The Morgan fingerprint density at radius 1 is 1.30 bits per heavy atom. The third kappa shape index (κ3) is 4.96. The van der Waals surface area contributed by atoms with Gasteiger partial charge >= 0.3 is 6.09 Å². The molecule has 0 radical (unpaired) electrons. The predicted molar refractivity (Wildman–Crippen MR) is 112 cm³/mol. The Morgan fingerprint density at radius 3 is 2.63 bits per heavy atom. The molecule has 1 aliphatic rings. The van der Waals surface area contributed by atoms with E-state index in [-0.39, 0.29) is 6.04 Å². The second-order valence-electron chi connectivity index (χ2n) is 6.98. The van der Waals surface area contributed by atoms with E-state index in [2.05, 4.69) is 41.8 Å². The lowest BCUT2D eigenvalue weighted by molar-refractivity contribution is 0.152. The van der Waals surface area contributed by atoms with Crippen LogP contribution < -0.4 is 14.8 Å². The highest BCUT2D eigenvalue weighted by atomic mass is 35.5. The molecular formula is C19H25ClN2O3S2. The number of carbonyl (C=O) groups excluding carboxylic acids is 1. The minimum Gasteiger partial charge on any atom is -0.491 e. The van der Waals surface area contributed by atoms with Crippen molar-refractivity contribution in [2.45, 2.75) is 37.8 Å². The SMILES string of the molecule is COc1c(OC(=O)NC2CCC(C(c3cccs3)N(C)C)CC2)csc1Cl. The van der Waals surface area contributed by atoms with Crippen molar-refractivity contribution in [1.29, 1.82) is 0 Å². The van der Waals surface area contributed by atoms with Crippen molar-refractivity contribution in [2.75, 3.05) is 21.2 Å². The molecule has 1 N–H and O–H groups in total. The third-order valence-corrected chi connectivity index (χ3v) is 7.12. The third-order valence-electron chi connectivity index (χ3n) is 5.01. The lowest BCUT2D eigenvalue weighted by Gasteiger charge is -2.36. The van der Waals surface area contributed by atoms with Crippen LogP contribution in [0.15, 0.2) is 22.9 Å². The Morgan fingerprint density at radius 2 is 2.04 bits per heavy atom. The molecule has 1 aliphatic carbocycles. The highest BCUT2D eigenvalue weighted by Crippen LogP contribution is 2.41. The predicted octanol–water partition coefficient (Wildman–Crippen LogP) is 5.42. The number of ether oxygens (including phenoxy) is 2.